The van der Waals surface area contributed by atoms with Crippen LogP contribution in [0.3, 0.4) is 0 Å². The van der Waals surface area contributed by atoms with Gasteiger partial charge in [-0.1, -0.05) is 26.8 Å². The van der Waals surface area contributed by atoms with Crippen molar-refractivity contribution in [3.05, 3.63) is 22.4 Å². The predicted molar refractivity (Wildman–Crippen MR) is 121 cm³/mol. The minimum Gasteiger partial charge on any atom is -0.354 e. The van der Waals surface area contributed by atoms with E-state index in [9.17, 15) is 4.79 Å². The molecular formula is C22H37N5OS. The van der Waals surface area contributed by atoms with E-state index in [2.05, 4.69) is 45.0 Å². The fourth-order valence-corrected chi connectivity index (χ4v) is 5.12. The molecule has 0 bridgehead atoms. The SMILES string of the molecule is CN=C(NCC(c1cccs1)N1CCC(C)CC1)NC1CCN(C(=O)C(C)C)C1. The molecule has 7 heteroatoms. The van der Waals surface area contributed by atoms with Gasteiger partial charge in [0.15, 0.2) is 5.96 Å². The highest BCUT2D eigenvalue weighted by atomic mass is 32.1. The standard InChI is InChI=1S/C22H37N5OS/c1-16(2)21(28)27-12-9-18(15-27)25-22(23-4)24-14-19(20-6-5-13-29-20)26-10-7-17(3)8-11-26/h5-6,13,16-19H,7-12,14-15H2,1-4H3,(H2,23,24,25). The van der Waals surface area contributed by atoms with Crippen molar-refractivity contribution in [2.45, 2.75) is 52.1 Å². The number of hydrogen-bond donors (Lipinski definition) is 2. The highest BCUT2D eigenvalue weighted by Gasteiger charge is 2.29. The number of carbonyl (C=O) groups excluding carboxylic acids is 1. The Morgan fingerprint density at radius 1 is 1.28 bits per heavy atom. The van der Waals surface area contributed by atoms with Crippen molar-refractivity contribution in [1.82, 2.24) is 20.4 Å². The number of thiophene rings is 1. The van der Waals surface area contributed by atoms with Crippen LogP contribution < -0.4 is 10.6 Å². The number of amides is 1. The summed E-state index contributed by atoms with van der Waals surface area (Å²) < 4.78 is 0. The van der Waals surface area contributed by atoms with Crippen LogP contribution in [0.5, 0.6) is 0 Å². The second kappa shape index (κ2) is 10.4. The fraction of sp³-hybridized carbons (Fsp3) is 0.727. The lowest BCUT2D eigenvalue weighted by Gasteiger charge is -2.36. The molecule has 1 aromatic heterocycles. The van der Waals surface area contributed by atoms with Crippen LogP contribution in [0.1, 0.15) is 51.0 Å². The number of carbonyl (C=O) groups is 1. The molecule has 1 aromatic rings. The first-order valence-corrected chi connectivity index (χ1v) is 11.9. The van der Waals surface area contributed by atoms with Crippen molar-refractivity contribution < 1.29 is 4.79 Å². The number of hydrogen-bond acceptors (Lipinski definition) is 4. The van der Waals surface area contributed by atoms with Crippen LogP contribution in [0.15, 0.2) is 22.5 Å². The molecule has 2 saturated heterocycles. The van der Waals surface area contributed by atoms with Crippen LogP contribution in [0.2, 0.25) is 0 Å². The van der Waals surface area contributed by atoms with E-state index >= 15 is 0 Å². The molecule has 162 valence electrons. The van der Waals surface area contributed by atoms with Gasteiger partial charge < -0.3 is 15.5 Å². The Morgan fingerprint density at radius 2 is 2.03 bits per heavy atom. The summed E-state index contributed by atoms with van der Waals surface area (Å²) in [4.78, 5) is 22.7. The molecule has 2 unspecified atom stereocenters. The van der Waals surface area contributed by atoms with Crippen LogP contribution in [-0.2, 0) is 4.79 Å². The van der Waals surface area contributed by atoms with Gasteiger partial charge in [0, 0.05) is 43.5 Å². The minimum absolute atomic E-state index is 0.0602. The van der Waals surface area contributed by atoms with Crippen LogP contribution in [0, 0.1) is 11.8 Å². The molecular weight excluding hydrogens is 382 g/mol. The normalized spacial score (nSPS) is 22.9. The summed E-state index contributed by atoms with van der Waals surface area (Å²) in [6.07, 6.45) is 3.52. The van der Waals surface area contributed by atoms with E-state index in [1.54, 1.807) is 0 Å². The Kier molecular flexibility index (Phi) is 7.95. The first-order chi connectivity index (χ1) is 14.0. The molecule has 2 aliphatic rings. The summed E-state index contributed by atoms with van der Waals surface area (Å²) in [6, 6.07) is 5.03. The molecule has 0 radical (unpaired) electrons. The molecule has 2 aliphatic heterocycles. The first kappa shape index (κ1) is 22.1. The van der Waals surface area contributed by atoms with Gasteiger partial charge in [-0.15, -0.1) is 11.3 Å². The zero-order chi connectivity index (χ0) is 20.8. The van der Waals surface area contributed by atoms with Crippen LogP contribution >= 0.6 is 11.3 Å². The lowest BCUT2D eigenvalue weighted by atomic mass is 9.97. The highest BCUT2D eigenvalue weighted by molar-refractivity contribution is 7.10. The molecule has 2 fully saturated rings. The molecule has 0 saturated carbocycles. The summed E-state index contributed by atoms with van der Waals surface area (Å²) in [7, 11) is 1.82. The van der Waals surface area contributed by atoms with E-state index in [1.807, 2.05) is 37.1 Å². The number of nitrogens with one attached hydrogen (secondary N) is 2. The molecule has 2 atom stereocenters. The number of nitrogens with zero attached hydrogens (tertiary/aromatic N) is 3. The molecule has 2 N–H and O–H groups in total. The molecule has 0 aromatic carbocycles. The van der Waals surface area contributed by atoms with E-state index < -0.39 is 0 Å². The van der Waals surface area contributed by atoms with E-state index in [0.717, 1.165) is 51.0 Å². The van der Waals surface area contributed by atoms with Crippen molar-refractivity contribution >= 4 is 23.2 Å². The second-order valence-corrected chi connectivity index (χ2v) is 9.75. The number of rotatable bonds is 6. The monoisotopic (exact) mass is 419 g/mol. The smallest absolute Gasteiger partial charge is 0.225 e. The Morgan fingerprint density at radius 3 is 2.66 bits per heavy atom. The first-order valence-electron chi connectivity index (χ1n) is 11.0. The van der Waals surface area contributed by atoms with Gasteiger partial charge in [-0.3, -0.25) is 14.7 Å². The maximum Gasteiger partial charge on any atom is 0.225 e. The van der Waals surface area contributed by atoms with Gasteiger partial charge in [0.25, 0.3) is 0 Å². The molecule has 6 nitrogen and oxygen atoms in total. The number of aliphatic imine (C=N–C) groups is 1. The zero-order valence-electron chi connectivity index (χ0n) is 18.4. The molecule has 1 amide bonds. The summed E-state index contributed by atoms with van der Waals surface area (Å²) in [5, 5.41) is 9.26. The highest BCUT2D eigenvalue weighted by Crippen LogP contribution is 2.29. The predicted octanol–water partition coefficient (Wildman–Crippen LogP) is 2.94. The van der Waals surface area contributed by atoms with Gasteiger partial charge in [-0.2, -0.15) is 0 Å². The van der Waals surface area contributed by atoms with Crippen molar-refractivity contribution in [3.8, 4) is 0 Å². The van der Waals surface area contributed by atoms with Gasteiger partial charge in [-0.05, 0) is 49.7 Å². The van der Waals surface area contributed by atoms with Crippen LogP contribution in [-0.4, -0.2) is 67.5 Å². The molecule has 0 spiro atoms. The molecule has 0 aliphatic carbocycles. The topological polar surface area (TPSA) is 60.0 Å². The molecule has 29 heavy (non-hydrogen) atoms. The van der Waals surface area contributed by atoms with E-state index in [1.165, 1.54) is 17.7 Å². The van der Waals surface area contributed by atoms with E-state index in [0.29, 0.717) is 6.04 Å². The number of piperidine rings is 1. The van der Waals surface area contributed by atoms with Gasteiger partial charge in [0.05, 0.1) is 6.04 Å². The number of likely N-dealkylation sites (tertiary alicyclic amines) is 2. The summed E-state index contributed by atoms with van der Waals surface area (Å²) >= 11 is 1.84. The lowest BCUT2D eigenvalue weighted by Crippen LogP contribution is -2.48. The van der Waals surface area contributed by atoms with Gasteiger partial charge >= 0.3 is 0 Å². The minimum atomic E-state index is 0.0602. The zero-order valence-corrected chi connectivity index (χ0v) is 19.2. The fourth-order valence-electron chi connectivity index (χ4n) is 4.26. The van der Waals surface area contributed by atoms with Crippen molar-refractivity contribution in [2.24, 2.45) is 16.8 Å². The van der Waals surface area contributed by atoms with Crippen LogP contribution in [0.4, 0.5) is 0 Å². The lowest BCUT2D eigenvalue weighted by molar-refractivity contribution is -0.133. The molecule has 3 heterocycles. The average molecular weight is 420 g/mol. The van der Waals surface area contributed by atoms with Gasteiger partial charge in [0.1, 0.15) is 0 Å². The van der Waals surface area contributed by atoms with Gasteiger partial charge in [0.2, 0.25) is 5.91 Å². The number of guanidine groups is 1. The van der Waals surface area contributed by atoms with E-state index in [4.69, 9.17) is 0 Å². The largest absolute Gasteiger partial charge is 0.354 e. The Labute approximate surface area is 179 Å². The van der Waals surface area contributed by atoms with Crippen LogP contribution in [0.25, 0.3) is 0 Å². The third-order valence-electron chi connectivity index (χ3n) is 6.15. The second-order valence-electron chi connectivity index (χ2n) is 8.77. The third kappa shape index (κ3) is 5.95. The Bertz CT molecular complexity index is 667. The average Bonchev–Trinajstić information content (AvgIpc) is 3.40. The van der Waals surface area contributed by atoms with Crippen molar-refractivity contribution in [2.75, 3.05) is 39.8 Å². The maximum atomic E-state index is 12.2. The van der Waals surface area contributed by atoms with Crippen molar-refractivity contribution in [3.63, 3.8) is 0 Å². The summed E-state index contributed by atoms with van der Waals surface area (Å²) in [5.74, 6) is 1.97. The van der Waals surface area contributed by atoms with Gasteiger partial charge in [-0.25, -0.2) is 0 Å². The third-order valence-corrected chi connectivity index (χ3v) is 7.13. The Hall–Kier alpha value is -1.60. The summed E-state index contributed by atoms with van der Waals surface area (Å²) in [6.45, 7) is 11.0. The van der Waals surface area contributed by atoms with E-state index in [-0.39, 0.29) is 17.9 Å². The molecule has 3 rings (SSSR count). The quantitative estimate of drug-likeness (QED) is 0.550. The van der Waals surface area contributed by atoms with Crippen molar-refractivity contribution in [1.29, 1.82) is 0 Å². The summed E-state index contributed by atoms with van der Waals surface area (Å²) in [5.41, 5.74) is 0. The maximum absolute atomic E-state index is 12.2. The Balaban J connectivity index is 1.55.